The molecule has 0 bridgehead atoms. The molecule has 3 amide bonds. The standard InChI is InChI=1S/C14H15N3O5/c1-22-12(19)7-15-11(18)6-10-14(21)16-9-5-3-2-4-8(9)13(20)17-10/h2-5,10H,6-7H2,1H3,(H,15,18)(H,16,21)(H,17,20). The van der Waals surface area contributed by atoms with Crippen molar-refractivity contribution in [3.63, 3.8) is 0 Å². The largest absolute Gasteiger partial charge is 0.468 e. The lowest BCUT2D eigenvalue weighted by Crippen LogP contribution is -2.45. The molecule has 1 aliphatic heterocycles. The number of hydrogen-bond donors (Lipinski definition) is 3. The van der Waals surface area contributed by atoms with Gasteiger partial charge in [-0.05, 0) is 12.1 Å². The van der Waals surface area contributed by atoms with Crippen LogP contribution in [-0.4, -0.2) is 43.4 Å². The van der Waals surface area contributed by atoms with E-state index in [1.807, 2.05) is 0 Å². The Balaban J connectivity index is 2.02. The van der Waals surface area contributed by atoms with Gasteiger partial charge in [-0.2, -0.15) is 0 Å². The third-order valence-electron chi connectivity index (χ3n) is 3.10. The van der Waals surface area contributed by atoms with Gasteiger partial charge in [0.2, 0.25) is 11.8 Å². The first-order valence-corrected chi connectivity index (χ1v) is 6.55. The smallest absolute Gasteiger partial charge is 0.325 e. The van der Waals surface area contributed by atoms with Gasteiger partial charge in [0, 0.05) is 0 Å². The Morgan fingerprint density at radius 2 is 2.00 bits per heavy atom. The first-order valence-electron chi connectivity index (χ1n) is 6.55. The number of para-hydroxylation sites is 1. The molecule has 0 fully saturated rings. The summed E-state index contributed by atoms with van der Waals surface area (Å²) in [6.45, 7) is -0.294. The summed E-state index contributed by atoms with van der Waals surface area (Å²) in [6, 6.07) is 5.53. The Hall–Kier alpha value is -2.90. The Labute approximate surface area is 126 Å². The topological polar surface area (TPSA) is 114 Å². The van der Waals surface area contributed by atoms with Crippen LogP contribution in [0, 0.1) is 0 Å². The van der Waals surface area contributed by atoms with Crippen LogP contribution >= 0.6 is 0 Å². The van der Waals surface area contributed by atoms with Crippen LogP contribution in [0.1, 0.15) is 16.8 Å². The zero-order valence-corrected chi connectivity index (χ0v) is 11.8. The highest BCUT2D eigenvalue weighted by molar-refractivity contribution is 6.10. The molecule has 1 unspecified atom stereocenters. The summed E-state index contributed by atoms with van der Waals surface area (Å²) in [4.78, 5) is 46.8. The maximum absolute atomic E-state index is 12.1. The van der Waals surface area contributed by atoms with E-state index in [4.69, 9.17) is 0 Å². The maximum atomic E-state index is 12.1. The fourth-order valence-electron chi connectivity index (χ4n) is 1.96. The van der Waals surface area contributed by atoms with E-state index in [0.717, 1.165) is 0 Å². The summed E-state index contributed by atoms with van der Waals surface area (Å²) in [7, 11) is 1.20. The quantitative estimate of drug-likeness (QED) is 0.644. The first kappa shape index (κ1) is 15.5. The van der Waals surface area contributed by atoms with Crippen molar-refractivity contribution in [1.82, 2.24) is 10.6 Å². The van der Waals surface area contributed by atoms with Gasteiger partial charge in [-0.1, -0.05) is 12.1 Å². The Morgan fingerprint density at radius 3 is 2.73 bits per heavy atom. The molecular weight excluding hydrogens is 290 g/mol. The Bertz CT molecular complexity index is 629. The molecule has 0 radical (unpaired) electrons. The van der Waals surface area contributed by atoms with Crippen molar-refractivity contribution >= 4 is 29.4 Å². The molecule has 1 atom stereocenters. The number of anilines is 1. The van der Waals surface area contributed by atoms with Gasteiger partial charge in [0.15, 0.2) is 0 Å². The number of benzene rings is 1. The lowest BCUT2D eigenvalue weighted by atomic mass is 10.1. The second-order valence-electron chi connectivity index (χ2n) is 4.62. The molecule has 0 aromatic heterocycles. The van der Waals surface area contributed by atoms with Crippen molar-refractivity contribution in [2.75, 3.05) is 19.0 Å². The van der Waals surface area contributed by atoms with Gasteiger partial charge in [-0.3, -0.25) is 19.2 Å². The van der Waals surface area contributed by atoms with Gasteiger partial charge in [-0.25, -0.2) is 0 Å². The van der Waals surface area contributed by atoms with E-state index in [2.05, 4.69) is 20.7 Å². The first-order chi connectivity index (χ1) is 10.5. The summed E-state index contributed by atoms with van der Waals surface area (Å²) < 4.78 is 4.39. The number of carbonyl (C=O) groups excluding carboxylic acids is 4. The van der Waals surface area contributed by atoms with Crippen molar-refractivity contribution in [3.05, 3.63) is 29.8 Å². The lowest BCUT2D eigenvalue weighted by Gasteiger charge is -2.14. The van der Waals surface area contributed by atoms with Crippen molar-refractivity contribution in [3.8, 4) is 0 Å². The third-order valence-corrected chi connectivity index (χ3v) is 3.10. The van der Waals surface area contributed by atoms with Crippen molar-refractivity contribution in [2.24, 2.45) is 0 Å². The van der Waals surface area contributed by atoms with Gasteiger partial charge < -0.3 is 20.7 Å². The minimum absolute atomic E-state index is 0.275. The number of rotatable bonds is 4. The minimum atomic E-state index is -1.02. The number of carbonyl (C=O) groups is 4. The molecule has 1 heterocycles. The Morgan fingerprint density at radius 1 is 1.27 bits per heavy atom. The average molecular weight is 305 g/mol. The molecule has 8 heteroatoms. The Kier molecular flexibility index (Phi) is 4.72. The number of amides is 3. The van der Waals surface area contributed by atoms with E-state index in [9.17, 15) is 19.2 Å². The number of fused-ring (bicyclic) bond motifs is 1. The highest BCUT2D eigenvalue weighted by Gasteiger charge is 2.29. The fourth-order valence-corrected chi connectivity index (χ4v) is 1.96. The molecule has 1 aromatic carbocycles. The normalized spacial score (nSPS) is 16.7. The average Bonchev–Trinajstić information content (AvgIpc) is 2.62. The molecular formula is C14H15N3O5. The molecule has 0 spiro atoms. The predicted molar refractivity (Wildman–Crippen MR) is 76.0 cm³/mol. The molecule has 116 valence electrons. The van der Waals surface area contributed by atoms with Crippen molar-refractivity contribution in [2.45, 2.75) is 12.5 Å². The van der Waals surface area contributed by atoms with E-state index < -0.39 is 29.7 Å². The summed E-state index contributed by atoms with van der Waals surface area (Å²) >= 11 is 0. The number of methoxy groups -OCH3 is 1. The van der Waals surface area contributed by atoms with Gasteiger partial charge in [-0.15, -0.1) is 0 Å². The van der Waals surface area contributed by atoms with Gasteiger partial charge >= 0.3 is 5.97 Å². The third kappa shape index (κ3) is 3.60. The molecule has 1 aromatic rings. The molecule has 0 saturated carbocycles. The highest BCUT2D eigenvalue weighted by Crippen LogP contribution is 2.18. The SMILES string of the molecule is COC(=O)CNC(=O)CC1NC(=O)c2ccccc2NC1=O. The molecule has 22 heavy (non-hydrogen) atoms. The van der Waals surface area contributed by atoms with Gasteiger partial charge in [0.1, 0.15) is 12.6 Å². The van der Waals surface area contributed by atoms with E-state index in [1.54, 1.807) is 24.3 Å². The zero-order valence-electron chi connectivity index (χ0n) is 11.8. The van der Waals surface area contributed by atoms with Crippen LogP contribution in [0.2, 0.25) is 0 Å². The van der Waals surface area contributed by atoms with Gasteiger partial charge in [0.25, 0.3) is 5.91 Å². The monoisotopic (exact) mass is 305 g/mol. The van der Waals surface area contributed by atoms with Crippen molar-refractivity contribution < 1.29 is 23.9 Å². The number of esters is 1. The predicted octanol–water partition coefficient (Wildman–Crippen LogP) is -0.584. The highest BCUT2D eigenvalue weighted by atomic mass is 16.5. The fraction of sp³-hybridized carbons (Fsp3) is 0.286. The summed E-state index contributed by atoms with van der Waals surface area (Å²) in [5.41, 5.74) is 0.718. The summed E-state index contributed by atoms with van der Waals surface area (Å²) in [6.07, 6.45) is -0.275. The van der Waals surface area contributed by atoms with Crippen LogP contribution in [0.3, 0.4) is 0 Å². The van der Waals surface area contributed by atoms with Crippen LogP contribution in [0.25, 0.3) is 0 Å². The summed E-state index contributed by atoms with van der Waals surface area (Å²) in [5.74, 6) is -2.09. The molecule has 3 N–H and O–H groups in total. The molecule has 0 aliphatic carbocycles. The molecule has 0 saturated heterocycles. The molecule has 1 aliphatic rings. The van der Waals surface area contributed by atoms with Gasteiger partial charge in [0.05, 0.1) is 24.8 Å². The van der Waals surface area contributed by atoms with Crippen LogP contribution in [0.4, 0.5) is 5.69 Å². The van der Waals surface area contributed by atoms with Crippen LogP contribution < -0.4 is 16.0 Å². The molecule has 2 rings (SSSR count). The van der Waals surface area contributed by atoms with Crippen LogP contribution in [-0.2, 0) is 19.1 Å². The van der Waals surface area contributed by atoms with E-state index in [0.29, 0.717) is 11.3 Å². The number of hydrogen-bond acceptors (Lipinski definition) is 5. The second kappa shape index (κ2) is 6.70. The van der Waals surface area contributed by atoms with Crippen LogP contribution in [0.15, 0.2) is 24.3 Å². The molecule has 8 nitrogen and oxygen atoms in total. The lowest BCUT2D eigenvalue weighted by molar-refractivity contribution is -0.141. The maximum Gasteiger partial charge on any atom is 0.325 e. The van der Waals surface area contributed by atoms with Crippen LogP contribution in [0.5, 0.6) is 0 Å². The van der Waals surface area contributed by atoms with E-state index >= 15 is 0 Å². The minimum Gasteiger partial charge on any atom is -0.468 e. The second-order valence-corrected chi connectivity index (χ2v) is 4.62. The number of nitrogens with one attached hydrogen (secondary N) is 3. The number of ether oxygens (including phenoxy) is 1. The van der Waals surface area contributed by atoms with E-state index in [-0.39, 0.29) is 13.0 Å². The summed E-state index contributed by atoms with van der Waals surface area (Å²) in [5, 5.41) is 7.39. The van der Waals surface area contributed by atoms with E-state index in [1.165, 1.54) is 7.11 Å². The van der Waals surface area contributed by atoms with Crippen molar-refractivity contribution in [1.29, 1.82) is 0 Å². The zero-order chi connectivity index (χ0) is 16.1.